The number of thiophene rings is 1. The number of esters is 1. The van der Waals surface area contributed by atoms with Gasteiger partial charge in [-0.05, 0) is 17.9 Å². The van der Waals surface area contributed by atoms with Crippen molar-refractivity contribution < 1.29 is 23.1 Å². The van der Waals surface area contributed by atoms with E-state index in [4.69, 9.17) is 0 Å². The van der Waals surface area contributed by atoms with E-state index in [0.717, 1.165) is 11.3 Å². The van der Waals surface area contributed by atoms with Crippen LogP contribution in [-0.2, 0) is 14.8 Å². The second-order valence-electron chi connectivity index (χ2n) is 3.91. The van der Waals surface area contributed by atoms with Crippen LogP contribution in [0.3, 0.4) is 0 Å². The first-order valence-electron chi connectivity index (χ1n) is 5.31. The lowest BCUT2D eigenvalue weighted by Crippen LogP contribution is -2.30. The van der Waals surface area contributed by atoms with Crippen LogP contribution in [0.25, 0.3) is 0 Å². The van der Waals surface area contributed by atoms with Crippen molar-refractivity contribution in [3.63, 3.8) is 0 Å². The number of nitrogens with zero attached hydrogens (tertiary/aromatic N) is 1. The molecule has 1 aromatic rings. The van der Waals surface area contributed by atoms with Crippen molar-refractivity contribution in [3.8, 4) is 0 Å². The lowest BCUT2D eigenvalue weighted by Gasteiger charge is -2.15. The van der Waals surface area contributed by atoms with Gasteiger partial charge in [-0.25, -0.2) is 13.2 Å². The summed E-state index contributed by atoms with van der Waals surface area (Å²) in [7, 11) is -2.52. The standard InChI is InChI=1S/C10H13NO5S2/c1-16-10(13)9-8(3-5-17-9)18(14,15)11-4-2-7(12)6-11/h3,5,7,12H,2,4,6H2,1H3/t7-/m1/s1. The average molecular weight is 291 g/mol. The van der Waals surface area contributed by atoms with E-state index in [9.17, 15) is 18.3 Å². The van der Waals surface area contributed by atoms with E-state index in [1.807, 2.05) is 0 Å². The highest BCUT2D eigenvalue weighted by atomic mass is 32.2. The van der Waals surface area contributed by atoms with Gasteiger partial charge in [0.25, 0.3) is 0 Å². The minimum atomic E-state index is -3.73. The molecule has 0 bridgehead atoms. The molecule has 0 unspecified atom stereocenters. The summed E-state index contributed by atoms with van der Waals surface area (Å²) in [6, 6.07) is 1.39. The van der Waals surface area contributed by atoms with Gasteiger partial charge in [-0.1, -0.05) is 0 Å². The third kappa shape index (κ3) is 2.28. The molecule has 2 rings (SSSR count). The number of hydrogen-bond donors (Lipinski definition) is 1. The van der Waals surface area contributed by atoms with Crippen LogP contribution in [0.15, 0.2) is 16.3 Å². The summed E-state index contributed by atoms with van der Waals surface area (Å²) in [5.41, 5.74) is 0. The van der Waals surface area contributed by atoms with E-state index < -0.39 is 22.1 Å². The summed E-state index contributed by atoms with van der Waals surface area (Å²) in [5, 5.41) is 10.9. The Kier molecular flexibility index (Phi) is 3.71. The van der Waals surface area contributed by atoms with Gasteiger partial charge in [0.2, 0.25) is 10.0 Å². The van der Waals surface area contributed by atoms with Crippen LogP contribution in [0, 0.1) is 0 Å². The first kappa shape index (κ1) is 13.5. The summed E-state index contributed by atoms with van der Waals surface area (Å²) < 4.78 is 30.3. The molecule has 1 N–H and O–H groups in total. The number of aliphatic hydroxyl groups is 1. The first-order valence-corrected chi connectivity index (χ1v) is 7.63. The van der Waals surface area contributed by atoms with E-state index in [1.165, 1.54) is 22.9 Å². The highest BCUT2D eigenvalue weighted by molar-refractivity contribution is 7.89. The molecule has 1 atom stereocenters. The number of aliphatic hydroxyl groups excluding tert-OH is 1. The molecule has 1 aromatic heterocycles. The summed E-state index contributed by atoms with van der Waals surface area (Å²) in [6.07, 6.45) is -0.225. The predicted molar refractivity (Wildman–Crippen MR) is 65.0 cm³/mol. The van der Waals surface area contributed by atoms with Gasteiger partial charge in [0.05, 0.1) is 13.2 Å². The molecule has 1 saturated heterocycles. The Morgan fingerprint density at radius 2 is 2.33 bits per heavy atom. The zero-order chi connectivity index (χ0) is 13.3. The predicted octanol–water partition coefficient (Wildman–Crippen LogP) is 0.290. The fraction of sp³-hybridized carbons (Fsp3) is 0.500. The van der Waals surface area contributed by atoms with E-state index >= 15 is 0 Å². The molecule has 1 aliphatic rings. The number of carbonyl (C=O) groups excluding carboxylic acids is 1. The zero-order valence-electron chi connectivity index (χ0n) is 9.70. The van der Waals surface area contributed by atoms with Gasteiger partial charge in [0, 0.05) is 13.1 Å². The van der Waals surface area contributed by atoms with Gasteiger partial charge in [-0.15, -0.1) is 11.3 Å². The molecule has 0 radical (unpaired) electrons. The first-order chi connectivity index (χ1) is 8.46. The quantitative estimate of drug-likeness (QED) is 0.809. The van der Waals surface area contributed by atoms with Crippen molar-refractivity contribution in [2.75, 3.05) is 20.2 Å². The number of ether oxygens (including phenoxy) is 1. The van der Waals surface area contributed by atoms with Crippen molar-refractivity contribution in [1.29, 1.82) is 0 Å². The SMILES string of the molecule is COC(=O)c1sccc1S(=O)(=O)N1CC[C@@H](O)C1. The fourth-order valence-corrected chi connectivity index (χ4v) is 4.61. The maximum absolute atomic E-state index is 12.3. The normalized spacial score (nSPS) is 21.1. The topological polar surface area (TPSA) is 83.9 Å². The maximum atomic E-state index is 12.3. The number of methoxy groups -OCH3 is 1. The zero-order valence-corrected chi connectivity index (χ0v) is 11.3. The van der Waals surface area contributed by atoms with Crippen molar-refractivity contribution in [2.24, 2.45) is 0 Å². The summed E-state index contributed by atoms with van der Waals surface area (Å²) in [6.45, 7) is 0.332. The molecule has 6 nitrogen and oxygen atoms in total. The van der Waals surface area contributed by atoms with Crippen molar-refractivity contribution in [1.82, 2.24) is 4.31 Å². The van der Waals surface area contributed by atoms with Crippen molar-refractivity contribution >= 4 is 27.3 Å². The minimum Gasteiger partial charge on any atom is -0.465 e. The van der Waals surface area contributed by atoms with Crippen molar-refractivity contribution in [2.45, 2.75) is 17.4 Å². The van der Waals surface area contributed by atoms with Crippen LogP contribution in [0.2, 0.25) is 0 Å². The molecule has 1 fully saturated rings. The van der Waals surface area contributed by atoms with Crippen LogP contribution in [-0.4, -0.2) is 50.1 Å². The van der Waals surface area contributed by atoms with Crippen molar-refractivity contribution in [3.05, 3.63) is 16.3 Å². The van der Waals surface area contributed by atoms with Gasteiger partial charge >= 0.3 is 5.97 Å². The molecule has 18 heavy (non-hydrogen) atoms. The molecule has 0 spiro atoms. The molecule has 100 valence electrons. The maximum Gasteiger partial charge on any atom is 0.349 e. The number of hydrogen-bond acceptors (Lipinski definition) is 6. The molecule has 0 amide bonds. The molecule has 8 heteroatoms. The van der Waals surface area contributed by atoms with E-state index in [1.54, 1.807) is 0 Å². The second-order valence-corrected chi connectivity index (χ2v) is 6.73. The number of sulfonamides is 1. The number of carbonyl (C=O) groups is 1. The molecule has 2 heterocycles. The minimum absolute atomic E-state index is 0.0477. The average Bonchev–Trinajstić information content (AvgIpc) is 2.96. The van der Waals surface area contributed by atoms with Crippen LogP contribution in [0.4, 0.5) is 0 Å². The van der Waals surface area contributed by atoms with Crippen LogP contribution in [0.1, 0.15) is 16.1 Å². The van der Waals surface area contributed by atoms with Gasteiger partial charge in [0.15, 0.2) is 0 Å². The lowest BCUT2D eigenvalue weighted by atomic mass is 10.3. The van der Waals surface area contributed by atoms with Crippen LogP contribution in [0.5, 0.6) is 0 Å². The number of rotatable bonds is 3. The Morgan fingerprint density at radius 3 is 2.89 bits per heavy atom. The van der Waals surface area contributed by atoms with E-state index in [0.29, 0.717) is 6.42 Å². The number of β-amino-alcohol motifs (C(OH)–C–C–N with tert-alkyl or cyclic N) is 1. The Balaban J connectivity index is 2.36. The molecule has 0 aromatic carbocycles. The fourth-order valence-electron chi connectivity index (χ4n) is 1.81. The van der Waals surface area contributed by atoms with Gasteiger partial charge in [0.1, 0.15) is 9.77 Å². The summed E-state index contributed by atoms with van der Waals surface area (Å²) in [5.74, 6) is -0.664. The highest BCUT2D eigenvalue weighted by Crippen LogP contribution is 2.28. The van der Waals surface area contributed by atoms with E-state index in [2.05, 4.69) is 4.74 Å². The summed E-state index contributed by atoms with van der Waals surface area (Å²) in [4.78, 5) is 11.5. The van der Waals surface area contributed by atoms with Gasteiger partial charge in [-0.3, -0.25) is 0 Å². The van der Waals surface area contributed by atoms with Crippen LogP contribution < -0.4 is 0 Å². The molecule has 1 aliphatic heterocycles. The Labute approximate surface area is 109 Å². The van der Waals surface area contributed by atoms with Gasteiger partial charge < -0.3 is 9.84 Å². The van der Waals surface area contributed by atoms with Gasteiger partial charge in [-0.2, -0.15) is 4.31 Å². The Morgan fingerprint density at radius 1 is 1.61 bits per heavy atom. The molecular weight excluding hydrogens is 278 g/mol. The molecule has 0 aliphatic carbocycles. The third-order valence-electron chi connectivity index (χ3n) is 2.74. The largest absolute Gasteiger partial charge is 0.465 e. The Hall–Kier alpha value is -0.960. The molecular formula is C10H13NO5S2. The Bertz CT molecular complexity index is 550. The third-order valence-corrected chi connectivity index (χ3v) is 5.67. The van der Waals surface area contributed by atoms with Crippen LogP contribution >= 0.6 is 11.3 Å². The molecule has 0 saturated carbocycles. The second kappa shape index (κ2) is 4.96. The lowest BCUT2D eigenvalue weighted by molar-refractivity contribution is 0.0602. The van der Waals surface area contributed by atoms with E-state index in [-0.39, 0.29) is 22.9 Å². The highest BCUT2D eigenvalue weighted by Gasteiger charge is 2.35. The monoisotopic (exact) mass is 291 g/mol. The summed E-state index contributed by atoms with van der Waals surface area (Å²) >= 11 is 1.03. The smallest absolute Gasteiger partial charge is 0.349 e.